The number of morpholine rings is 1. The van der Waals surface area contributed by atoms with Gasteiger partial charge in [0.2, 0.25) is 0 Å². The number of carbonyl (C=O) groups is 1. The fraction of sp³-hybridized carbons (Fsp3) is 0.400. The van der Waals surface area contributed by atoms with Crippen molar-refractivity contribution >= 4 is 11.6 Å². The number of hydrogen-bond acceptors (Lipinski definition) is 4. The van der Waals surface area contributed by atoms with E-state index in [4.69, 9.17) is 4.74 Å². The molecule has 1 aromatic carbocycles. The van der Waals surface area contributed by atoms with E-state index in [2.05, 4.69) is 4.98 Å². The van der Waals surface area contributed by atoms with Crippen LogP contribution in [-0.2, 0) is 4.74 Å². The first-order valence-electron chi connectivity index (χ1n) is 8.50. The number of rotatable bonds is 3. The predicted molar refractivity (Wildman–Crippen MR) is 98.8 cm³/mol. The van der Waals surface area contributed by atoms with Crippen LogP contribution in [-0.4, -0.2) is 48.6 Å². The number of carbonyl (C=O) groups excluding carboxylic acids is 1. The molecule has 1 amide bonds. The van der Waals surface area contributed by atoms with Gasteiger partial charge >= 0.3 is 0 Å². The highest BCUT2D eigenvalue weighted by Gasteiger charge is 2.39. The lowest BCUT2D eigenvalue weighted by molar-refractivity contribution is -0.0848. The van der Waals surface area contributed by atoms with Gasteiger partial charge in [0.25, 0.3) is 5.91 Å². The lowest BCUT2D eigenvalue weighted by Crippen LogP contribution is -2.56. The van der Waals surface area contributed by atoms with E-state index in [1.165, 1.54) is 0 Å². The molecule has 1 aliphatic heterocycles. The number of nitrogens with zero attached hydrogens (tertiary/aromatic N) is 3. The third-order valence-corrected chi connectivity index (χ3v) is 4.61. The van der Waals surface area contributed by atoms with Crippen molar-refractivity contribution in [1.29, 1.82) is 0 Å². The van der Waals surface area contributed by atoms with Gasteiger partial charge in [-0.1, -0.05) is 30.3 Å². The molecule has 5 heteroatoms. The Kier molecular flexibility index (Phi) is 4.77. The first kappa shape index (κ1) is 17.4. The van der Waals surface area contributed by atoms with Crippen molar-refractivity contribution in [2.24, 2.45) is 0 Å². The molecule has 2 aromatic rings. The molecule has 1 aromatic heterocycles. The Hall–Kier alpha value is -2.40. The second-order valence-electron chi connectivity index (χ2n) is 7.23. The number of anilines is 1. The summed E-state index contributed by atoms with van der Waals surface area (Å²) < 4.78 is 6.03. The molecular weight excluding hydrogens is 314 g/mol. The van der Waals surface area contributed by atoms with E-state index >= 15 is 0 Å². The monoisotopic (exact) mass is 339 g/mol. The van der Waals surface area contributed by atoms with E-state index in [1.54, 1.807) is 6.20 Å². The quantitative estimate of drug-likeness (QED) is 0.862. The molecule has 132 valence electrons. The van der Waals surface area contributed by atoms with Crippen LogP contribution in [0.1, 0.15) is 36.0 Å². The van der Waals surface area contributed by atoms with Gasteiger partial charge in [0.1, 0.15) is 11.8 Å². The Bertz CT molecular complexity index is 744. The third-order valence-electron chi connectivity index (χ3n) is 4.61. The summed E-state index contributed by atoms with van der Waals surface area (Å²) in [6.45, 7) is 5.07. The van der Waals surface area contributed by atoms with Crippen molar-refractivity contribution in [3.05, 3.63) is 59.9 Å². The minimum absolute atomic E-state index is 0.0575. The molecule has 2 heterocycles. The van der Waals surface area contributed by atoms with Crippen molar-refractivity contribution < 1.29 is 9.53 Å². The van der Waals surface area contributed by atoms with E-state index < -0.39 is 0 Å². The van der Waals surface area contributed by atoms with E-state index in [0.29, 0.717) is 18.8 Å². The zero-order valence-corrected chi connectivity index (χ0v) is 15.3. The van der Waals surface area contributed by atoms with Crippen LogP contribution in [0, 0.1) is 0 Å². The summed E-state index contributed by atoms with van der Waals surface area (Å²) in [5, 5.41) is 0. The number of pyridine rings is 1. The summed E-state index contributed by atoms with van der Waals surface area (Å²) >= 11 is 0. The van der Waals surface area contributed by atoms with Crippen molar-refractivity contribution in [2.45, 2.75) is 25.5 Å². The second-order valence-corrected chi connectivity index (χ2v) is 7.23. The normalized spacial score (nSPS) is 19.5. The molecule has 0 bridgehead atoms. The highest BCUT2D eigenvalue weighted by Crippen LogP contribution is 2.31. The first-order valence-corrected chi connectivity index (χ1v) is 8.50. The molecule has 1 atom stereocenters. The van der Waals surface area contributed by atoms with Crippen molar-refractivity contribution in [1.82, 2.24) is 9.88 Å². The molecule has 25 heavy (non-hydrogen) atoms. The maximum atomic E-state index is 13.2. The summed E-state index contributed by atoms with van der Waals surface area (Å²) in [5.41, 5.74) is 2.14. The van der Waals surface area contributed by atoms with E-state index in [1.807, 2.05) is 80.2 Å². The summed E-state index contributed by atoms with van der Waals surface area (Å²) in [7, 11) is 3.90. The van der Waals surface area contributed by atoms with E-state index in [-0.39, 0.29) is 17.6 Å². The van der Waals surface area contributed by atoms with Crippen molar-refractivity contribution in [2.75, 3.05) is 32.1 Å². The van der Waals surface area contributed by atoms with Crippen LogP contribution in [0.15, 0.2) is 48.7 Å². The molecule has 1 aliphatic rings. The lowest BCUT2D eigenvalue weighted by Gasteiger charge is -2.45. The molecule has 0 N–H and O–H groups in total. The van der Waals surface area contributed by atoms with Gasteiger partial charge < -0.3 is 14.5 Å². The first-order chi connectivity index (χ1) is 11.9. The van der Waals surface area contributed by atoms with Crippen LogP contribution in [0.3, 0.4) is 0 Å². The van der Waals surface area contributed by atoms with Gasteiger partial charge in [-0.15, -0.1) is 0 Å². The Labute approximate surface area is 149 Å². The maximum absolute atomic E-state index is 13.2. The van der Waals surface area contributed by atoms with Crippen LogP contribution < -0.4 is 4.90 Å². The van der Waals surface area contributed by atoms with Gasteiger partial charge in [0.05, 0.1) is 18.7 Å². The van der Waals surface area contributed by atoms with E-state index in [9.17, 15) is 4.79 Å². The average molecular weight is 339 g/mol. The number of ether oxygens (including phenoxy) is 1. The number of benzene rings is 1. The summed E-state index contributed by atoms with van der Waals surface area (Å²) in [6, 6.07) is 13.8. The number of hydrogen-bond donors (Lipinski definition) is 0. The molecule has 1 saturated heterocycles. The summed E-state index contributed by atoms with van der Waals surface area (Å²) in [6.07, 6.45) is 1.57. The molecule has 0 spiro atoms. The van der Waals surface area contributed by atoms with Crippen LogP contribution in [0.5, 0.6) is 0 Å². The van der Waals surface area contributed by atoms with Crippen LogP contribution >= 0.6 is 0 Å². The van der Waals surface area contributed by atoms with Crippen LogP contribution in [0.25, 0.3) is 0 Å². The standard InChI is InChI=1S/C20H25N3O2/c1-20(2)14-25-18(15-8-6-5-7-9-15)13-23(20)19(24)17-12-16(22(3)4)10-11-21-17/h5-12,18H,13-14H2,1-4H3/t18-/m1/s1. The fourth-order valence-corrected chi connectivity index (χ4v) is 3.03. The molecular formula is C20H25N3O2. The zero-order chi connectivity index (χ0) is 18.0. The summed E-state index contributed by atoms with van der Waals surface area (Å²) in [4.78, 5) is 21.3. The number of amides is 1. The van der Waals surface area contributed by atoms with Gasteiger partial charge in [0, 0.05) is 26.0 Å². The highest BCUT2D eigenvalue weighted by molar-refractivity contribution is 5.93. The van der Waals surface area contributed by atoms with Gasteiger partial charge in [0.15, 0.2) is 0 Å². The second kappa shape index (κ2) is 6.84. The fourth-order valence-electron chi connectivity index (χ4n) is 3.03. The van der Waals surface area contributed by atoms with Gasteiger partial charge in [-0.05, 0) is 31.5 Å². The lowest BCUT2D eigenvalue weighted by atomic mass is 9.97. The zero-order valence-electron chi connectivity index (χ0n) is 15.3. The molecule has 0 unspecified atom stereocenters. The largest absolute Gasteiger partial charge is 0.378 e. The average Bonchev–Trinajstić information content (AvgIpc) is 2.62. The van der Waals surface area contributed by atoms with Crippen LogP contribution in [0.4, 0.5) is 5.69 Å². The minimum atomic E-state index is -0.377. The van der Waals surface area contributed by atoms with Gasteiger partial charge in [-0.3, -0.25) is 9.78 Å². The predicted octanol–water partition coefficient (Wildman–Crippen LogP) is 3.14. The molecule has 3 rings (SSSR count). The molecule has 0 aliphatic carbocycles. The SMILES string of the molecule is CN(C)c1ccnc(C(=O)N2C[C@H](c3ccccc3)OCC2(C)C)c1. The summed E-state index contributed by atoms with van der Waals surface area (Å²) in [5.74, 6) is -0.0575. The molecule has 0 saturated carbocycles. The topological polar surface area (TPSA) is 45.7 Å². The van der Waals surface area contributed by atoms with Gasteiger partial charge in [-0.2, -0.15) is 0 Å². The third kappa shape index (κ3) is 3.66. The minimum Gasteiger partial charge on any atom is -0.378 e. The maximum Gasteiger partial charge on any atom is 0.273 e. The Balaban J connectivity index is 1.87. The Morgan fingerprint density at radius 1 is 1.24 bits per heavy atom. The molecule has 1 fully saturated rings. The molecule has 0 radical (unpaired) electrons. The van der Waals surface area contributed by atoms with Gasteiger partial charge in [-0.25, -0.2) is 0 Å². The Morgan fingerprint density at radius 2 is 1.96 bits per heavy atom. The van der Waals surface area contributed by atoms with Crippen molar-refractivity contribution in [3.8, 4) is 0 Å². The molecule has 5 nitrogen and oxygen atoms in total. The van der Waals surface area contributed by atoms with Crippen molar-refractivity contribution in [3.63, 3.8) is 0 Å². The van der Waals surface area contributed by atoms with E-state index in [0.717, 1.165) is 11.3 Å². The highest BCUT2D eigenvalue weighted by atomic mass is 16.5. The Morgan fingerprint density at radius 3 is 2.64 bits per heavy atom. The number of aromatic nitrogens is 1. The smallest absolute Gasteiger partial charge is 0.273 e. The van der Waals surface area contributed by atoms with Crippen LogP contribution in [0.2, 0.25) is 0 Å².